The maximum atomic E-state index is 12.3. The highest BCUT2D eigenvalue weighted by Crippen LogP contribution is 2.17. The molecule has 7 heteroatoms. The van der Waals surface area contributed by atoms with Crippen molar-refractivity contribution in [3.05, 3.63) is 42.2 Å². The van der Waals surface area contributed by atoms with Crippen LogP contribution in [0.1, 0.15) is 10.4 Å². The number of nitrogens with zero attached hydrogens (tertiary/aromatic N) is 3. The van der Waals surface area contributed by atoms with Crippen LogP contribution in [0.5, 0.6) is 5.75 Å². The first-order chi connectivity index (χ1) is 11.3. The summed E-state index contributed by atoms with van der Waals surface area (Å²) in [5.41, 5.74) is 0.510. The number of anilines is 2. The zero-order chi connectivity index (χ0) is 16.1. The molecule has 0 atom stereocenters. The van der Waals surface area contributed by atoms with Gasteiger partial charge in [-0.2, -0.15) is 0 Å². The molecule has 120 valence electrons. The van der Waals surface area contributed by atoms with Crippen molar-refractivity contribution in [1.29, 1.82) is 0 Å². The molecule has 0 radical (unpaired) electrons. The van der Waals surface area contributed by atoms with Crippen LogP contribution in [0.3, 0.4) is 0 Å². The van der Waals surface area contributed by atoms with E-state index in [4.69, 9.17) is 9.47 Å². The number of amides is 1. The van der Waals surface area contributed by atoms with E-state index in [-0.39, 0.29) is 5.91 Å². The van der Waals surface area contributed by atoms with Crippen molar-refractivity contribution in [1.82, 2.24) is 9.97 Å². The average molecular weight is 314 g/mol. The Bertz CT molecular complexity index is 687. The number of rotatable bonds is 4. The first-order valence-corrected chi connectivity index (χ1v) is 7.36. The van der Waals surface area contributed by atoms with Gasteiger partial charge in [-0.1, -0.05) is 6.07 Å². The molecule has 1 amide bonds. The maximum Gasteiger partial charge on any atom is 0.256 e. The van der Waals surface area contributed by atoms with Crippen LogP contribution in [-0.4, -0.2) is 49.3 Å². The number of hydrogen-bond acceptors (Lipinski definition) is 6. The van der Waals surface area contributed by atoms with Crippen LogP contribution in [0.4, 0.5) is 11.6 Å². The summed E-state index contributed by atoms with van der Waals surface area (Å²) in [4.78, 5) is 22.8. The van der Waals surface area contributed by atoms with Gasteiger partial charge in [-0.25, -0.2) is 9.97 Å². The number of methoxy groups -OCH3 is 1. The third kappa shape index (κ3) is 3.75. The fraction of sp³-hybridized carbons (Fsp3) is 0.312. The lowest BCUT2D eigenvalue weighted by Crippen LogP contribution is -2.36. The second kappa shape index (κ2) is 7.06. The molecule has 0 saturated carbocycles. The quantitative estimate of drug-likeness (QED) is 0.923. The molecule has 1 aromatic carbocycles. The Balaban J connectivity index is 1.73. The summed E-state index contributed by atoms with van der Waals surface area (Å²) in [5.74, 6) is 1.64. The molecule has 0 aliphatic carbocycles. The lowest BCUT2D eigenvalue weighted by Gasteiger charge is -2.27. The Morgan fingerprint density at radius 3 is 2.87 bits per heavy atom. The van der Waals surface area contributed by atoms with Crippen LogP contribution < -0.4 is 15.0 Å². The van der Waals surface area contributed by atoms with Crippen molar-refractivity contribution in [3.63, 3.8) is 0 Å². The van der Waals surface area contributed by atoms with Crippen molar-refractivity contribution in [2.75, 3.05) is 43.6 Å². The fourth-order valence-corrected chi connectivity index (χ4v) is 2.33. The average Bonchev–Trinajstić information content (AvgIpc) is 2.63. The van der Waals surface area contributed by atoms with Gasteiger partial charge in [0, 0.05) is 24.7 Å². The van der Waals surface area contributed by atoms with E-state index in [0.29, 0.717) is 30.3 Å². The molecular formula is C16H18N4O3. The van der Waals surface area contributed by atoms with E-state index >= 15 is 0 Å². The predicted octanol–water partition coefficient (Wildman–Crippen LogP) is 1.57. The van der Waals surface area contributed by atoms with Crippen molar-refractivity contribution in [3.8, 4) is 5.75 Å². The fourth-order valence-electron chi connectivity index (χ4n) is 2.33. The summed E-state index contributed by atoms with van der Waals surface area (Å²) >= 11 is 0. The summed E-state index contributed by atoms with van der Waals surface area (Å²) in [7, 11) is 1.57. The molecular weight excluding hydrogens is 296 g/mol. The second-order valence-electron chi connectivity index (χ2n) is 5.05. The van der Waals surface area contributed by atoms with Crippen molar-refractivity contribution >= 4 is 17.5 Å². The van der Waals surface area contributed by atoms with Gasteiger partial charge in [0.1, 0.15) is 23.7 Å². The van der Waals surface area contributed by atoms with Gasteiger partial charge >= 0.3 is 0 Å². The summed E-state index contributed by atoms with van der Waals surface area (Å²) in [6.45, 7) is 2.91. The minimum absolute atomic E-state index is 0.240. The minimum atomic E-state index is -0.240. The van der Waals surface area contributed by atoms with E-state index in [1.54, 1.807) is 37.4 Å². The Morgan fingerprint density at radius 2 is 2.09 bits per heavy atom. The molecule has 0 unspecified atom stereocenters. The first-order valence-electron chi connectivity index (χ1n) is 7.36. The van der Waals surface area contributed by atoms with Gasteiger partial charge in [0.25, 0.3) is 5.91 Å². The van der Waals surface area contributed by atoms with E-state index in [9.17, 15) is 4.79 Å². The number of ether oxygens (including phenoxy) is 2. The largest absolute Gasteiger partial charge is 0.497 e. The summed E-state index contributed by atoms with van der Waals surface area (Å²) in [5, 5.41) is 2.79. The summed E-state index contributed by atoms with van der Waals surface area (Å²) in [6.07, 6.45) is 1.45. The number of carbonyl (C=O) groups excluding carboxylic acids is 1. The number of hydrogen-bond donors (Lipinski definition) is 1. The zero-order valence-electron chi connectivity index (χ0n) is 12.9. The predicted molar refractivity (Wildman–Crippen MR) is 86.0 cm³/mol. The molecule has 0 spiro atoms. The normalized spacial score (nSPS) is 14.4. The highest BCUT2D eigenvalue weighted by Gasteiger charge is 2.14. The van der Waals surface area contributed by atoms with Crippen LogP contribution in [0.15, 0.2) is 36.7 Å². The zero-order valence-corrected chi connectivity index (χ0v) is 12.9. The smallest absolute Gasteiger partial charge is 0.256 e. The standard InChI is InChI=1S/C16H18N4O3/c1-22-13-4-2-3-12(9-13)16(21)19-14-10-15(18-11-17-14)20-5-7-23-8-6-20/h2-4,9-11H,5-8H2,1H3,(H,17,18,19,21). The third-order valence-electron chi connectivity index (χ3n) is 3.56. The van der Waals surface area contributed by atoms with Gasteiger partial charge in [0.05, 0.1) is 20.3 Å². The number of carbonyl (C=O) groups is 1. The van der Waals surface area contributed by atoms with Gasteiger partial charge in [0.15, 0.2) is 0 Å². The molecule has 2 heterocycles. The topological polar surface area (TPSA) is 76.6 Å². The Hall–Kier alpha value is -2.67. The SMILES string of the molecule is COc1cccc(C(=O)Nc2cc(N3CCOCC3)ncn2)c1. The van der Waals surface area contributed by atoms with Gasteiger partial charge in [-0.3, -0.25) is 4.79 Å². The molecule has 1 aliphatic rings. The van der Waals surface area contributed by atoms with E-state index in [1.807, 2.05) is 0 Å². The molecule has 2 aromatic rings. The van der Waals surface area contributed by atoms with E-state index < -0.39 is 0 Å². The van der Waals surface area contributed by atoms with Crippen molar-refractivity contribution in [2.45, 2.75) is 0 Å². The van der Waals surface area contributed by atoms with Crippen molar-refractivity contribution < 1.29 is 14.3 Å². The van der Waals surface area contributed by atoms with Crippen LogP contribution in [-0.2, 0) is 4.74 Å². The number of nitrogens with one attached hydrogen (secondary N) is 1. The molecule has 3 rings (SSSR count). The Kier molecular flexibility index (Phi) is 4.68. The summed E-state index contributed by atoms with van der Waals surface area (Å²) in [6, 6.07) is 8.73. The lowest BCUT2D eigenvalue weighted by atomic mass is 10.2. The number of benzene rings is 1. The van der Waals surface area contributed by atoms with Gasteiger partial charge in [-0.15, -0.1) is 0 Å². The minimum Gasteiger partial charge on any atom is -0.497 e. The molecule has 1 saturated heterocycles. The lowest BCUT2D eigenvalue weighted by molar-refractivity contribution is 0.102. The first kappa shape index (κ1) is 15.2. The van der Waals surface area contributed by atoms with E-state index in [2.05, 4.69) is 20.2 Å². The van der Waals surface area contributed by atoms with Crippen LogP contribution in [0.25, 0.3) is 0 Å². The monoisotopic (exact) mass is 314 g/mol. The molecule has 1 fully saturated rings. The highest BCUT2D eigenvalue weighted by atomic mass is 16.5. The highest BCUT2D eigenvalue weighted by molar-refractivity contribution is 6.04. The Morgan fingerprint density at radius 1 is 1.26 bits per heavy atom. The number of morpholine rings is 1. The van der Waals surface area contributed by atoms with Crippen LogP contribution in [0.2, 0.25) is 0 Å². The van der Waals surface area contributed by atoms with Crippen LogP contribution in [0, 0.1) is 0 Å². The third-order valence-corrected chi connectivity index (χ3v) is 3.56. The molecule has 0 bridgehead atoms. The molecule has 1 N–H and O–H groups in total. The molecule has 1 aliphatic heterocycles. The molecule has 23 heavy (non-hydrogen) atoms. The Labute approximate surface area is 134 Å². The van der Waals surface area contributed by atoms with E-state index in [1.165, 1.54) is 6.33 Å². The van der Waals surface area contributed by atoms with Gasteiger partial charge in [-0.05, 0) is 18.2 Å². The van der Waals surface area contributed by atoms with Crippen LogP contribution >= 0.6 is 0 Å². The maximum absolute atomic E-state index is 12.3. The van der Waals surface area contributed by atoms with Crippen molar-refractivity contribution in [2.24, 2.45) is 0 Å². The van der Waals surface area contributed by atoms with Gasteiger partial charge in [0.2, 0.25) is 0 Å². The number of aromatic nitrogens is 2. The second-order valence-corrected chi connectivity index (χ2v) is 5.05. The molecule has 7 nitrogen and oxygen atoms in total. The van der Waals surface area contributed by atoms with E-state index in [0.717, 1.165) is 18.9 Å². The van der Waals surface area contributed by atoms with Gasteiger partial charge < -0.3 is 19.7 Å². The summed E-state index contributed by atoms with van der Waals surface area (Å²) < 4.78 is 10.5. The molecule has 1 aromatic heterocycles.